The normalized spacial score (nSPS) is 14.5. The zero-order valence-corrected chi connectivity index (χ0v) is 15.6. The minimum absolute atomic E-state index is 0.405. The molecule has 0 radical (unpaired) electrons. The lowest BCUT2D eigenvalue weighted by Crippen LogP contribution is -2.40. The van der Waals surface area contributed by atoms with Crippen LogP contribution < -0.4 is 5.32 Å². The summed E-state index contributed by atoms with van der Waals surface area (Å²) in [6.45, 7) is 5.69. The van der Waals surface area contributed by atoms with Crippen LogP contribution in [0.3, 0.4) is 0 Å². The number of hydrogen-bond donors (Lipinski definition) is 1. The predicted octanol–water partition coefficient (Wildman–Crippen LogP) is 3.17. The summed E-state index contributed by atoms with van der Waals surface area (Å²) in [6, 6.07) is 9.97. The standard InChI is InChI=1S/C20H28N4O2/c1-3-21-20(24(2)11-12-25-15-16-9-10-16)23-14-19-22-13-18(26-19)17-7-5-4-6-8-17/h4-8,13,16H,3,9-12,14-15H2,1-2H3,(H,21,23). The fraction of sp³-hybridized carbons (Fsp3) is 0.500. The van der Waals surface area contributed by atoms with E-state index in [1.165, 1.54) is 12.8 Å². The molecule has 1 heterocycles. The average Bonchev–Trinajstić information content (AvgIpc) is 3.38. The Balaban J connectivity index is 1.53. The molecule has 0 spiro atoms. The second-order valence-electron chi connectivity index (χ2n) is 6.59. The lowest BCUT2D eigenvalue weighted by atomic mass is 10.2. The molecule has 1 saturated carbocycles. The van der Waals surface area contributed by atoms with Crippen molar-refractivity contribution in [3.63, 3.8) is 0 Å². The van der Waals surface area contributed by atoms with E-state index in [1.54, 1.807) is 6.20 Å². The van der Waals surface area contributed by atoms with Crippen molar-refractivity contribution in [3.8, 4) is 11.3 Å². The third kappa shape index (κ3) is 5.59. The van der Waals surface area contributed by atoms with Gasteiger partial charge in [-0.1, -0.05) is 30.3 Å². The van der Waals surface area contributed by atoms with E-state index in [1.807, 2.05) is 37.4 Å². The predicted molar refractivity (Wildman–Crippen MR) is 103 cm³/mol. The van der Waals surface area contributed by atoms with Gasteiger partial charge in [-0.3, -0.25) is 0 Å². The van der Waals surface area contributed by atoms with Crippen LogP contribution in [0.25, 0.3) is 11.3 Å². The molecule has 2 aromatic rings. The SMILES string of the molecule is CCNC(=NCc1ncc(-c2ccccc2)o1)N(C)CCOCC1CC1. The molecule has 1 N–H and O–H groups in total. The highest BCUT2D eigenvalue weighted by Gasteiger charge is 2.21. The van der Waals surface area contributed by atoms with Gasteiger partial charge in [0, 0.05) is 32.3 Å². The molecule has 1 aromatic heterocycles. The number of hydrogen-bond acceptors (Lipinski definition) is 4. The number of guanidine groups is 1. The fourth-order valence-corrected chi connectivity index (χ4v) is 2.57. The maximum atomic E-state index is 5.82. The maximum absolute atomic E-state index is 5.82. The topological polar surface area (TPSA) is 62.9 Å². The van der Waals surface area contributed by atoms with Gasteiger partial charge in [0.15, 0.2) is 11.7 Å². The van der Waals surface area contributed by atoms with Crippen LogP contribution in [0.2, 0.25) is 0 Å². The van der Waals surface area contributed by atoms with E-state index in [4.69, 9.17) is 9.15 Å². The molecule has 0 aliphatic heterocycles. The van der Waals surface area contributed by atoms with Crippen molar-refractivity contribution >= 4 is 5.96 Å². The number of nitrogens with one attached hydrogen (secondary N) is 1. The molecule has 140 valence electrons. The van der Waals surface area contributed by atoms with Gasteiger partial charge < -0.3 is 19.4 Å². The van der Waals surface area contributed by atoms with Gasteiger partial charge in [-0.25, -0.2) is 9.98 Å². The molecule has 0 atom stereocenters. The summed E-state index contributed by atoms with van der Waals surface area (Å²) >= 11 is 0. The van der Waals surface area contributed by atoms with Crippen molar-refractivity contribution in [2.75, 3.05) is 33.4 Å². The monoisotopic (exact) mass is 356 g/mol. The van der Waals surface area contributed by atoms with Gasteiger partial charge in [0.2, 0.25) is 5.89 Å². The summed E-state index contributed by atoms with van der Waals surface area (Å²) < 4.78 is 11.5. The van der Waals surface area contributed by atoms with E-state index < -0.39 is 0 Å². The Bertz CT molecular complexity index is 695. The smallest absolute Gasteiger partial charge is 0.216 e. The highest BCUT2D eigenvalue weighted by Crippen LogP contribution is 2.28. The number of likely N-dealkylation sites (N-methyl/N-ethyl adjacent to an activating group) is 1. The van der Waals surface area contributed by atoms with E-state index >= 15 is 0 Å². The van der Waals surface area contributed by atoms with E-state index in [0.717, 1.165) is 42.9 Å². The van der Waals surface area contributed by atoms with Crippen LogP contribution >= 0.6 is 0 Å². The molecule has 1 aliphatic carbocycles. The van der Waals surface area contributed by atoms with Gasteiger partial charge in [0.05, 0.1) is 12.8 Å². The molecule has 1 fully saturated rings. The summed E-state index contributed by atoms with van der Waals surface area (Å²) in [5.74, 6) is 3.01. The highest BCUT2D eigenvalue weighted by molar-refractivity contribution is 5.79. The third-order valence-electron chi connectivity index (χ3n) is 4.29. The van der Waals surface area contributed by atoms with E-state index in [2.05, 4.69) is 27.1 Å². The summed E-state index contributed by atoms with van der Waals surface area (Å²) in [5.41, 5.74) is 1.02. The highest BCUT2D eigenvalue weighted by atomic mass is 16.5. The maximum Gasteiger partial charge on any atom is 0.216 e. The van der Waals surface area contributed by atoms with Crippen molar-refractivity contribution < 1.29 is 9.15 Å². The third-order valence-corrected chi connectivity index (χ3v) is 4.29. The largest absolute Gasteiger partial charge is 0.439 e. The molecule has 0 amide bonds. The zero-order chi connectivity index (χ0) is 18.2. The van der Waals surface area contributed by atoms with Crippen LogP contribution in [-0.2, 0) is 11.3 Å². The Kier molecular flexibility index (Phi) is 6.66. The molecule has 26 heavy (non-hydrogen) atoms. The first-order chi connectivity index (χ1) is 12.8. The lowest BCUT2D eigenvalue weighted by Gasteiger charge is -2.21. The van der Waals surface area contributed by atoms with Crippen LogP contribution in [0.1, 0.15) is 25.7 Å². The van der Waals surface area contributed by atoms with Crippen LogP contribution in [0.5, 0.6) is 0 Å². The van der Waals surface area contributed by atoms with E-state index in [0.29, 0.717) is 19.0 Å². The Labute approximate surface area is 155 Å². The molecule has 1 aliphatic rings. The number of aromatic nitrogens is 1. The number of benzene rings is 1. The summed E-state index contributed by atoms with van der Waals surface area (Å²) in [5, 5.41) is 3.30. The number of oxazole rings is 1. The Hall–Kier alpha value is -2.34. The first kappa shape index (κ1) is 18.5. The zero-order valence-electron chi connectivity index (χ0n) is 15.6. The molecule has 1 aromatic carbocycles. The first-order valence-corrected chi connectivity index (χ1v) is 9.33. The van der Waals surface area contributed by atoms with Crippen molar-refractivity contribution in [2.45, 2.75) is 26.3 Å². The molecular formula is C20H28N4O2. The fourth-order valence-electron chi connectivity index (χ4n) is 2.57. The molecular weight excluding hydrogens is 328 g/mol. The van der Waals surface area contributed by atoms with Crippen molar-refractivity contribution in [1.82, 2.24) is 15.2 Å². The second-order valence-corrected chi connectivity index (χ2v) is 6.59. The average molecular weight is 356 g/mol. The van der Waals surface area contributed by atoms with Gasteiger partial charge in [-0.15, -0.1) is 0 Å². The summed E-state index contributed by atoms with van der Waals surface area (Å²) in [6.07, 6.45) is 4.39. The second kappa shape index (κ2) is 9.38. The van der Waals surface area contributed by atoms with Crippen LogP contribution in [0.4, 0.5) is 0 Å². The van der Waals surface area contributed by atoms with Crippen LogP contribution in [0, 0.1) is 5.92 Å². The first-order valence-electron chi connectivity index (χ1n) is 9.33. The van der Waals surface area contributed by atoms with Crippen molar-refractivity contribution in [3.05, 3.63) is 42.4 Å². The van der Waals surface area contributed by atoms with Crippen LogP contribution in [0.15, 0.2) is 45.9 Å². The Morgan fingerprint density at radius 3 is 2.88 bits per heavy atom. The van der Waals surface area contributed by atoms with Gasteiger partial charge in [-0.05, 0) is 25.7 Å². The number of nitrogens with zero attached hydrogens (tertiary/aromatic N) is 3. The molecule has 0 saturated heterocycles. The van der Waals surface area contributed by atoms with Crippen molar-refractivity contribution in [2.24, 2.45) is 10.9 Å². The van der Waals surface area contributed by atoms with Crippen LogP contribution in [-0.4, -0.2) is 49.2 Å². The minimum Gasteiger partial charge on any atom is -0.439 e. The lowest BCUT2D eigenvalue weighted by molar-refractivity contribution is 0.115. The molecule has 6 nitrogen and oxygen atoms in total. The van der Waals surface area contributed by atoms with Gasteiger partial charge in [-0.2, -0.15) is 0 Å². The number of aliphatic imine (C=N–C) groups is 1. The Morgan fingerprint density at radius 2 is 2.15 bits per heavy atom. The Morgan fingerprint density at radius 1 is 1.35 bits per heavy atom. The van der Waals surface area contributed by atoms with E-state index in [9.17, 15) is 0 Å². The minimum atomic E-state index is 0.405. The summed E-state index contributed by atoms with van der Waals surface area (Å²) in [4.78, 5) is 11.1. The van der Waals surface area contributed by atoms with Gasteiger partial charge in [0.1, 0.15) is 6.54 Å². The van der Waals surface area contributed by atoms with Crippen molar-refractivity contribution in [1.29, 1.82) is 0 Å². The van der Waals surface area contributed by atoms with Gasteiger partial charge in [0.25, 0.3) is 0 Å². The molecule has 3 rings (SSSR count). The summed E-state index contributed by atoms with van der Waals surface area (Å²) in [7, 11) is 2.02. The number of rotatable bonds is 9. The van der Waals surface area contributed by atoms with Gasteiger partial charge >= 0.3 is 0 Å². The molecule has 0 unspecified atom stereocenters. The molecule has 0 bridgehead atoms. The number of ether oxygens (including phenoxy) is 1. The van der Waals surface area contributed by atoms with E-state index in [-0.39, 0.29) is 0 Å². The molecule has 6 heteroatoms. The quantitative estimate of drug-likeness (QED) is 0.425.